The molecule has 0 amide bonds. The van der Waals surface area contributed by atoms with Gasteiger partial charge in [-0.15, -0.1) is 0 Å². The van der Waals surface area contributed by atoms with Gasteiger partial charge in [-0.05, 0) is 23.8 Å². The molecule has 1 aromatic carbocycles. The molecule has 0 bridgehead atoms. The summed E-state index contributed by atoms with van der Waals surface area (Å²) in [5.41, 5.74) is 1.19. The van der Waals surface area contributed by atoms with Crippen molar-refractivity contribution in [3.05, 3.63) is 28.2 Å². The number of aliphatic hydroxyl groups excluding tert-OH is 1. The molecule has 2 N–H and O–H groups in total. The largest absolute Gasteiger partial charge is 0.488 e. The average Bonchev–Trinajstić information content (AvgIpc) is 2.70. The third kappa shape index (κ3) is 3.46. The predicted octanol–water partition coefficient (Wildman–Crippen LogP) is 2.36. The number of rotatable bonds is 5. The molecule has 1 aliphatic heterocycles. The van der Waals surface area contributed by atoms with Crippen LogP contribution in [0.15, 0.2) is 22.7 Å². The number of aliphatic hydroxyl groups is 1. The highest BCUT2D eigenvalue weighted by atomic mass is 79.9. The van der Waals surface area contributed by atoms with Gasteiger partial charge in [0.1, 0.15) is 11.9 Å². The molecule has 100 valence electrons. The van der Waals surface area contributed by atoms with Crippen LogP contribution in [0.4, 0.5) is 0 Å². The highest BCUT2D eigenvalue weighted by Crippen LogP contribution is 2.30. The summed E-state index contributed by atoms with van der Waals surface area (Å²) in [7, 11) is 0. The van der Waals surface area contributed by atoms with Crippen molar-refractivity contribution < 1.29 is 9.84 Å². The summed E-state index contributed by atoms with van der Waals surface area (Å²) in [4.78, 5) is 0. The molecule has 0 radical (unpaired) electrons. The van der Waals surface area contributed by atoms with E-state index in [9.17, 15) is 5.11 Å². The highest BCUT2D eigenvalue weighted by Gasteiger charge is 2.23. The first-order valence-corrected chi connectivity index (χ1v) is 7.06. The lowest BCUT2D eigenvalue weighted by Crippen LogP contribution is -2.37. The zero-order chi connectivity index (χ0) is 13.2. The molecule has 2 rings (SSSR count). The second-order valence-corrected chi connectivity index (χ2v) is 6.56. The monoisotopic (exact) mass is 313 g/mol. The molecule has 3 nitrogen and oxygen atoms in total. The summed E-state index contributed by atoms with van der Waals surface area (Å²) in [5, 5.41) is 12.6. The van der Waals surface area contributed by atoms with Gasteiger partial charge in [0.25, 0.3) is 0 Å². The number of nitrogens with one attached hydrogen (secondary N) is 1. The molecule has 18 heavy (non-hydrogen) atoms. The molecule has 0 aromatic heterocycles. The van der Waals surface area contributed by atoms with Crippen LogP contribution in [-0.2, 0) is 6.42 Å². The van der Waals surface area contributed by atoms with E-state index in [1.165, 1.54) is 5.56 Å². The molecule has 1 aromatic rings. The van der Waals surface area contributed by atoms with Crippen molar-refractivity contribution in [2.45, 2.75) is 26.4 Å². The minimum atomic E-state index is -0.0749. The van der Waals surface area contributed by atoms with Gasteiger partial charge in [-0.3, -0.25) is 0 Å². The maximum absolute atomic E-state index is 9.18. The zero-order valence-corrected chi connectivity index (χ0v) is 12.5. The first kappa shape index (κ1) is 13.8. The Bertz CT molecular complexity index is 420. The van der Waals surface area contributed by atoms with E-state index in [4.69, 9.17) is 4.74 Å². The Balaban J connectivity index is 1.81. The quantitative estimate of drug-likeness (QED) is 0.877. The van der Waals surface area contributed by atoms with Crippen LogP contribution in [0.2, 0.25) is 0 Å². The molecule has 1 atom stereocenters. The van der Waals surface area contributed by atoms with E-state index >= 15 is 0 Å². The molecule has 0 saturated heterocycles. The fraction of sp³-hybridized carbons (Fsp3) is 0.571. The van der Waals surface area contributed by atoms with Crippen molar-refractivity contribution in [3.63, 3.8) is 0 Å². The molecule has 0 saturated carbocycles. The number of fused-ring (bicyclic) bond motifs is 1. The van der Waals surface area contributed by atoms with E-state index < -0.39 is 0 Å². The van der Waals surface area contributed by atoms with Crippen LogP contribution in [0.5, 0.6) is 5.75 Å². The first-order chi connectivity index (χ1) is 8.50. The highest BCUT2D eigenvalue weighted by molar-refractivity contribution is 9.10. The van der Waals surface area contributed by atoms with Gasteiger partial charge in [-0.25, -0.2) is 0 Å². The van der Waals surface area contributed by atoms with E-state index in [-0.39, 0.29) is 18.1 Å². The Morgan fingerprint density at radius 2 is 2.28 bits per heavy atom. The minimum Gasteiger partial charge on any atom is -0.488 e. The van der Waals surface area contributed by atoms with E-state index in [1.54, 1.807) is 0 Å². The average molecular weight is 314 g/mol. The van der Waals surface area contributed by atoms with Gasteiger partial charge in [0.2, 0.25) is 0 Å². The Morgan fingerprint density at radius 3 is 3.00 bits per heavy atom. The number of ether oxygens (including phenoxy) is 1. The summed E-state index contributed by atoms with van der Waals surface area (Å²) in [6, 6.07) is 6.13. The molecule has 1 unspecified atom stereocenters. The summed E-state index contributed by atoms with van der Waals surface area (Å²) in [6.45, 7) is 5.89. The van der Waals surface area contributed by atoms with Gasteiger partial charge in [0, 0.05) is 36.0 Å². The third-order valence-electron chi connectivity index (χ3n) is 3.17. The van der Waals surface area contributed by atoms with E-state index in [0.29, 0.717) is 0 Å². The lowest BCUT2D eigenvalue weighted by molar-refractivity contribution is 0.149. The number of hydrogen-bond acceptors (Lipinski definition) is 3. The summed E-state index contributed by atoms with van der Waals surface area (Å²) < 4.78 is 6.96. The van der Waals surface area contributed by atoms with Crippen LogP contribution >= 0.6 is 15.9 Å². The molecule has 0 spiro atoms. The number of halogens is 1. The van der Waals surface area contributed by atoms with Crippen molar-refractivity contribution in [2.75, 3.05) is 19.7 Å². The second-order valence-electron chi connectivity index (χ2n) is 5.65. The van der Waals surface area contributed by atoms with Crippen LogP contribution in [0, 0.1) is 5.41 Å². The van der Waals surface area contributed by atoms with Crippen molar-refractivity contribution in [2.24, 2.45) is 5.41 Å². The van der Waals surface area contributed by atoms with E-state index in [1.807, 2.05) is 26.0 Å². The smallest absolute Gasteiger partial charge is 0.123 e. The lowest BCUT2D eigenvalue weighted by atomic mass is 9.95. The van der Waals surface area contributed by atoms with Crippen molar-refractivity contribution >= 4 is 15.9 Å². The standard InChI is InChI=1S/C14H20BrNO2/c1-14(2,9-17)8-16-7-12-6-10-5-11(15)3-4-13(10)18-12/h3-5,12,16-17H,6-9H2,1-2H3. The molecule has 4 heteroatoms. The molecular formula is C14H20BrNO2. The fourth-order valence-electron chi connectivity index (χ4n) is 2.03. The van der Waals surface area contributed by atoms with E-state index in [2.05, 4.69) is 27.3 Å². The normalized spacial score (nSPS) is 18.6. The van der Waals surface area contributed by atoms with Crippen LogP contribution in [0.1, 0.15) is 19.4 Å². The predicted molar refractivity (Wildman–Crippen MR) is 76.0 cm³/mol. The van der Waals surface area contributed by atoms with Crippen molar-refractivity contribution in [1.82, 2.24) is 5.32 Å². The van der Waals surface area contributed by atoms with Crippen LogP contribution < -0.4 is 10.1 Å². The maximum Gasteiger partial charge on any atom is 0.123 e. The minimum absolute atomic E-state index is 0.0749. The molecule has 1 heterocycles. The second kappa shape index (κ2) is 5.59. The zero-order valence-electron chi connectivity index (χ0n) is 10.9. The van der Waals surface area contributed by atoms with Gasteiger partial charge < -0.3 is 15.2 Å². The summed E-state index contributed by atoms with van der Waals surface area (Å²) in [5.74, 6) is 0.992. The maximum atomic E-state index is 9.18. The molecular weight excluding hydrogens is 294 g/mol. The number of hydrogen-bond donors (Lipinski definition) is 2. The van der Waals surface area contributed by atoms with Crippen molar-refractivity contribution in [1.29, 1.82) is 0 Å². The SMILES string of the molecule is CC(C)(CO)CNCC1Cc2cc(Br)ccc2O1. The summed E-state index contributed by atoms with van der Waals surface area (Å²) in [6.07, 6.45) is 1.14. The van der Waals surface area contributed by atoms with Crippen LogP contribution in [0.25, 0.3) is 0 Å². The Morgan fingerprint density at radius 1 is 1.50 bits per heavy atom. The van der Waals surface area contributed by atoms with Gasteiger partial charge in [0.05, 0.1) is 0 Å². The Kier molecular flexibility index (Phi) is 4.30. The van der Waals surface area contributed by atoms with Crippen LogP contribution in [0.3, 0.4) is 0 Å². The molecule has 0 fully saturated rings. The van der Waals surface area contributed by atoms with Crippen LogP contribution in [-0.4, -0.2) is 30.9 Å². The van der Waals surface area contributed by atoms with Gasteiger partial charge in [0.15, 0.2) is 0 Å². The lowest BCUT2D eigenvalue weighted by Gasteiger charge is -2.23. The van der Waals surface area contributed by atoms with E-state index in [0.717, 1.165) is 29.7 Å². The fourth-order valence-corrected chi connectivity index (χ4v) is 2.44. The Labute approximate surface area is 117 Å². The Hall–Kier alpha value is -0.580. The molecule has 0 aliphatic carbocycles. The topological polar surface area (TPSA) is 41.5 Å². The van der Waals surface area contributed by atoms with Gasteiger partial charge >= 0.3 is 0 Å². The number of benzene rings is 1. The first-order valence-electron chi connectivity index (χ1n) is 6.27. The van der Waals surface area contributed by atoms with Crippen molar-refractivity contribution in [3.8, 4) is 5.75 Å². The van der Waals surface area contributed by atoms with Gasteiger partial charge in [-0.2, -0.15) is 0 Å². The molecule has 1 aliphatic rings. The van der Waals surface area contributed by atoms with Gasteiger partial charge in [-0.1, -0.05) is 29.8 Å². The summed E-state index contributed by atoms with van der Waals surface area (Å²) >= 11 is 3.47. The third-order valence-corrected chi connectivity index (χ3v) is 3.66.